The number of allylic oxidation sites excluding steroid dienone is 1. The zero-order valence-corrected chi connectivity index (χ0v) is 6.13. The van der Waals surface area contributed by atoms with Crippen LogP contribution in [0.3, 0.4) is 0 Å². The standard InChI is InChI=1S/C8H10N2O/c1-2-3-6-4-5-7(9)8(11)10-6/h2,4-5H,1,3,9H2,(H,10,11). The Morgan fingerprint density at radius 1 is 1.64 bits per heavy atom. The average molecular weight is 150 g/mol. The van der Waals surface area contributed by atoms with Crippen molar-refractivity contribution in [2.45, 2.75) is 6.42 Å². The van der Waals surface area contributed by atoms with Gasteiger partial charge in [-0.15, -0.1) is 6.58 Å². The van der Waals surface area contributed by atoms with E-state index in [1.54, 1.807) is 18.2 Å². The van der Waals surface area contributed by atoms with E-state index in [2.05, 4.69) is 11.6 Å². The molecule has 3 heteroatoms. The van der Waals surface area contributed by atoms with Crippen molar-refractivity contribution in [3.63, 3.8) is 0 Å². The summed E-state index contributed by atoms with van der Waals surface area (Å²) in [5.41, 5.74) is 6.16. The molecule has 0 amide bonds. The van der Waals surface area contributed by atoms with E-state index in [0.717, 1.165) is 5.69 Å². The van der Waals surface area contributed by atoms with Gasteiger partial charge in [-0.2, -0.15) is 0 Å². The zero-order chi connectivity index (χ0) is 8.27. The van der Waals surface area contributed by atoms with Gasteiger partial charge in [-0.05, 0) is 12.1 Å². The number of H-pyrrole nitrogens is 1. The van der Waals surface area contributed by atoms with Crippen LogP contribution < -0.4 is 11.3 Å². The van der Waals surface area contributed by atoms with Crippen molar-refractivity contribution in [3.8, 4) is 0 Å². The Morgan fingerprint density at radius 2 is 2.36 bits per heavy atom. The fourth-order valence-corrected chi connectivity index (χ4v) is 0.800. The van der Waals surface area contributed by atoms with Crippen LogP contribution in [0.5, 0.6) is 0 Å². The molecular formula is C8H10N2O. The number of hydrogen-bond donors (Lipinski definition) is 2. The first-order chi connectivity index (χ1) is 5.24. The highest BCUT2D eigenvalue weighted by Gasteiger charge is 1.93. The zero-order valence-electron chi connectivity index (χ0n) is 6.13. The van der Waals surface area contributed by atoms with E-state index in [0.29, 0.717) is 6.42 Å². The maximum absolute atomic E-state index is 10.9. The Bertz CT molecular complexity index is 314. The largest absolute Gasteiger partial charge is 0.394 e. The van der Waals surface area contributed by atoms with Crippen molar-refractivity contribution in [2.75, 3.05) is 5.73 Å². The number of hydrogen-bond acceptors (Lipinski definition) is 2. The maximum atomic E-state index is 10.9. The summed E-state index contributed by atoms with van der Waals surface area (Å²) in [5, 5.41) is 0. The first-order valence-electron chi connectivity index (χ1n) is 3.32. The first-order valence-corrected chi connectivity index (χ1v) is 3.32. The summed E-state index contributed by atoms with van der Waals surface area (Å²) in [5.74, 6) is 0. The second-order valence-electron chi connectivity index (χ2n) is 2.26. The van der Waals surface area contributed by atoms with E-state index in [-0.39, 0.29) is 11.2 Å². The third-order valence-electron chi connectivity index (χ3n) is 1.36. The summed E-state index contributed by atoms with van der Waals surface area (Å²) in [6, 6.07) is 3.37. The van der Waals surface area contributed by atoms with Gasteiger partial charge in [0.05, 0.1) is 5.69 Å². The van der Waals surface area contributed by atoms with Crippen LogP contribution in [0, 0.1) is 0 Å². The molecule has 3 nitrogen and oxygen atoms in total. The van der Waals surface area contributed by atoms with Crippen molar-refractivity contribution in [1.82, 2.24) is 4.98 Å². The molecule has 1 aromatic heterocycles. The predicted octanol–water partition coefficient (Wildman–Crippen LogP) is 0.686. The summed E-state index contributed by atoms with van der Waals surface area (Å²) in [6.07, 6.45) is 2.39. The van der Waals surface area contributed by atoms with Gasteiger partial charge in [-0.25, -0.2) is 0 Å². The lowest BCUT2D eigenvalue weighted by Crippen LogP contribution is -2.12. The lowest BCUT2D eigenvalue weighted by molar-refractivity contribution is 1.08. The molecule has 0 saturated heterocycles. The second kappa shape index (κ2) is 3.05. The van der Waals surface area contributed by atoms with Gasteiger partial charge in [0.1, 0.15) is 0 Å². The van der Waals surface area contributed by atoms with Gasteiger partial charge in [-0.1, -0.05) is 6.08 Å². The molecule has 0 unspecified atom stereocenters. The lowest BCUT2D eigenvalue weighted by atomic mass is 10.2. The topological polar surface area (TPSA) is 58.9 Å². The molecule has 1 aromatic rings. The number of nitrogens with two attached hydrogens (primary N) is 1. The Kier molecular flexibility index (Phi) is 2.11. The van der Waals surface area contributed by atoms with E-state index in [1.807, 2.05) is 0 Å². The van der Waals surface area contributed by atoms with Gasteiger partial charge in [-0.3, -0.25) is 4.79 Å². The van der Waals surface area contributed by atoms with E-state index < -0.39 is 0 Å². The number of anilines is 1. The molecule has 0 aliphatic carbocycles. The minimum atomic E-state index is -0.232. The van der Waals surface area contributed by atoms with Crippen molar-refractivity contribution in [3.05, 3.63) is 40.8 Å². The molecule has 11 heavy (non-hydrogen) atoms. The maximum Gasteiger partial charge on any atom is 0.271 e. The number of pyridine rings is 1. The van der Waals surface area contributed by atoms with Crippen LogP contribution in [0.4, 0.5) is 5.69 Å². The minimum Gasteiger partial charge on any atom is -0.394 e. The Morgan fingerprint density at radius 3 is 2.91 bits per heavy atom. The van der Waals surface area contributed by atoms with Crippen molar-refractivity contribution >= 4 is 5.69 Å². The predicted molar refractivity (Wildman–Crippen MR) is 45.4 cm³/mol. The molecular weight excluding hydrogens is 140 g/mol. The normalized spacial score (nSPS) is 9.45. The Hall–Kier alpha value is -1.51. The van der Waals surface area contributed by atoms with Crippen LogP contribution >= 0.6 is 0 Å². The molecule has 0 atom stereocenters. The van der Waals surface area contributed by atoms with E-state index in [9.17, 15) is 4.79 Å². The van der Waals surface area contributed by atoms with Gasteiger partial charge in [0.25, 0.3) is 5.56 Å². The molecule has 0 spiro atoms. The highest BCUT2D eigenvalue weighted by Crippen LogP contribution is 1.96. The SMILES string of the molecule is C=CCc1ccc(N)c(=O)[nH]1. The van der Waals surface area contributed by atoms with Crippen LogP contribution in [-0.4, -0.2) is 4.98 Å². The van der Waals surface area contributed by atoms with Gasteiger partial charge in [0.2, 0.25) is 0 Å². The smallest absolute Gasteiger partial charge is 0.271 e. The van der Waals surface area contributed by atoms with Crippen molar-refractivity contribution in [1.29, 1.82) is 0 Å². The molecule has 1 heterocycles. The minimum absolute atomic E-state index is 0.232. The number of rotatable bonds is 2. The molecule has 0 saturated carbocycles. The van der Waals surface area contributed by atoms with Crippen molar-refractivity contribution < 1.29 is 0 Å². The summed E-state index contributed by atoms with van der Waals surface area (Å²) >= 11 is 0. The van der Waals surface area contributed by atoms with Gasteiger partial charge >= 0.3 is 0 Å². The molecule has 0 bridgehead atoms. The first kappa shape index (κ1) is 7.60. The number of aromatic nitrogens is 1. The van der Waals surface area contributed by atoms with Gasteiger partial charge in [0, 0.05) is 12.1 Å². The van der Waals surface area contributed by atoms with Crippen LogP contribution in [0.25, 0.3) is 0 Å². The van der Waals surface area contributed by atoms with Gasteiger partial charge < -0.3 is 10.7 Å². The van der Waals surface area contributed by atoms with Crippen LogP contribution in [-0.2, 0) is 6.42 Å². The van der Waals surface area contributed by atoms with Crippen LogP contribution in [0.15, 0.2) is 29.6 Å². The van der Waals surface area contributed by atoms with Crippen molar-refractivity contribution in [2.24, 2.45) is 0 Å². The summed E-state index contributed by atoms with van der Waals surface area (Å²) in [6.45, 7) is 3.55. The summed E-state index contributed by atoms with van der Waals surface area (Å²) in [7, 11) is 0. The number of aromatic amines is 1. The summed E-state index contributed by atoms with van der Waals surface area (Å²) in [4.78, 5) is 13.5. The highest BCUT2D eigenvalue weighted by atomic mass is 16.1. The van der Waals surface area contributed by atoms with Crippen LogP contribution in [0.2, 0.25) is 0 Å². The highest BCUT2D eigenvalue weighted by molar-refractivity contribution is 5.34. The average Bonchev–Trinajstić information content (AvgIpc) is 1.98. The van der Waals surface area contributed by atoms with Gasteiger partial charge in [0.15, 0.2) is 0 Å². The third kappa shape index (κ3) is 1.70. The number of nitrogen functional groups attached to an aromatic ring is 1. The monoisotopic (exact) mass is 150 g/mol. The fourth-order valence-electron chi connectivity index (χ4n) is 0.800. The van der Waals surface area contributed by atoms with Crippen LogP contribution in [0.1, 0.15) is 5.69 Å². The number of nitrogens with one attached hydrogen (secondary N) is 1. The Balaban J connectivity index is 3.05. The molecule has 0 aliphatic heterocycles. The molecule has 1 rings (SSSR count). The Labute approximate surface area is 64.6 Å². The molecule has 58 valence electrons. The fraction of sp³-hybridized carbons (Fsp3) is 0.125. The second-order valence-corrected chi connectivity index (χ2v) is 2.26. The summed E-state index contributed by atoms with van der Waals surface area (Å²) < 4.78 is 0. The quantitative estimate of drug-likeness (QED) is 0.609. The molecule has 0 aliphatic rings. The molecule has 3 N–H and O–H groups in total. The van der Waals surface area contributed by atoms with E-state index in [4.69, 9.17) is 5.73 Å². The third-order valence-corrected chi connectivity index (χ3v) is 1.36. The lowest BCUT2D eigenvalue weighted by Gasteiger charge is -1.96. The molecule has 0 fully saturated rings. The van der Waals surface area contributed by atoms with E-state index >= 15 is 0 Å². The molecule has 0 radical (unpaired) electrons. The molecule has 0 aromatic carbocycles. The van der Waals surface area contributed by atoms with E-state index in [1.165, 1.54) is 0 Å².